The molecule has 2 fully saturated rings. The fourth-order valence-corrected chi connectivity index (χ4v) is 8.87. The van der Waals surface area contributed by atoms with E-state index in [4.69, 9.17) is 4.74 Å². The molecule has 2 aromatic carbocycles. The molecule has 3 N–H and O–H groups in total. The second-order valence-corrected chi connectivity index (χ2v) is 14.2. The molecule has 9 heteroatoms. The van der Waals surface area contributed by atoms with Crippen molar-refractivity contribution in [2.45, 2.75) is 43.7 Å². The molecule has 3 aliphatic rings. The van der Waals surface area contributed by atoms with Crippen LogP contribution in [0.25, 0.3) is 0 Å². The first-order valence-electron chi connectivity index (χ1n) is 12.3. The second-order valence-electron chi connectivity index (χ2n) is 10.3. The smallest absolute Gasteiger partial charge is 0.268 e. The first-order valence-corrected chi connectivity index (χ1v) is 15.3. The van der Waals surface area contributed by atoms with Crippen molar-refractivity contribution in [3.63, 3.8) is 0 Å². The number of aliphatic hydroxyl groups excluding tert-OH is 1. The van der Waals surface area contributed by atoms with E-state index < -0.39 is 20.0 Å². The van der Waals surface area contributed by atoms with Crippen molar-refractivity contribution in [1.29, 1.82) is 0 Å². The number of carbonyl (C=O) groups excluding carboxylic acids is 2. The maximum Gasteiger partial charge on any atom is 0.268 e. The number of anilines is 3. The molecule has 0 aliphatic carbocycles. The Balaban J connectivity index is 1.69. The van der Waals surface area contributed by atoms with E-state index in [0.717, 1.165) is 17.1 Å². The van der Waals surface area contributed by atoms with Crippen LogP contribution in [-0.4, -0.2) is 62.4 Å². The molecule has 2 aromatic rings. The zero-order valence-electron chi connectivity index (χ0n) is 20.4. The van der Waals surface area contributed by atoms with Gasteiger partial charge < -0.3 is 24.9 Å². The van der Waals surface area contributed by atoms with Crippen molar-refractivity contribution >= 4 is 37.2 Å². The van der Waals surface area contributed by atoms with Crippen molar-refractivity contribution in [2.24, 2.45) is 5.92 Å². The average Bonchev–Trinajstić information content (AvgIpc) is 3.26. The molecule has 0 bridgehead atoms. The SMILES string of the molecule is C[C@H]1[C@H]([Si](C)(C)O)[C@@H](CCO)O[C@]12C(=O)N(c1ccccc1)c1ccc(N3CCNCC3=O)cc12. The van der Waals surface area contributed by atoms with Gasteiger partial charge in [-0.2, -0.15) is 0 Å². The van der Waals surface area contributed by atoms with Gasteiger partial charge in [0.1, 0.15) is 0 Å². The molecule has 8 nitrogen and oxygen atoms in total. The number of piperazine rings is 1. The summed E-state index contributed by atoms with van der Waals surface area (Å²) in [5, 5.41) is 12.9. The van der Waals surface area contributed by atoms with Crippen LogP contribution in [0.3, 0.4) is 0 Å². The molecule has 0 radical (unpaired) electrons. The van der Waals surface area contributed by atoms with E-state index in [1.165, 1.54) is 0 Å². The lowest BCUT2D eigenvalue weighted by Gasteiger charge is -2.33. The third kappa shape index (κ3) is 3.73. The van der Waals surface area contributed by atoms with Crippen LogP contribution in [0, 0.1) is 5.92 Å². The van der Waals surface area contributed by atoms with Gasteiger partial charge in [0, 0.05) is 48.1 Å². The van der Waals surface area contributed by atoms with Gasteiger partial charge in [0.05, 0.1) is 18.3 Å². The minimum atomic E-state index is -2.77. The Hall–Kier alpha value is -2.56. The fraction of sp³-hybridized carbons (Fsp3) is 0.462. The molecule has 2 saturated heterocycles. The van der Waals surface area contributed by atoms with Crippen LogP contribution in [0.15, 0.2) is 48.5 Å². The largest absolute Gasteiger partial charge is 0.432 e. The standard InChI is InChI=1S/C26H33N3O5Si/c1-17-24(35(2,3)33)22(11-14-30)34-26(17)20-15-19(28-13-12-27-16-23(28)31)9-10-21(20)29(25(26)32)18-7-5-4-6-8-18/h4-10,15,17,22,24,27,30,33H,11-14,16H2,1-3H3/t17-,22+,24-,26+/m0/s1. The Kier molecular flexibility index (Phi) is 6.09. The number of fused-ring (bicyclic) bond motifs is 2. The first kappa shape index (κ1) is 24.1. The number of hydrogen-bond donors (Lipinski definition) is 3. The number of para-hydroxylation sites is 1. The van der Waals surface area contributed by atoms with Crippen LogP contribution in [0.4, 0.5) is 17.1 Å². The summed E-state index contributed by atoms with van der Waals surface area (Å²) < 4.78 is 6.67. The van der Waals surface area contributed by atoms with Crippen molar-refractivity contribution in [3.8, 4) is 0 Å². The van der Waals surface area contributed by atoms with E-state index in [-0.39, 0.29) is 36.4 Å². The molecule has 4 atom stereocenters. The molecule has 186 valence electrons. The van der Waals surface area contributed by atoms with Crippen LogP contribution in [-0.2, 0) is 19.9 Å². The summed E-state index contributed by atoms with van der Waals surface area (Å²) in [7, 11) is -2.77. The number of nitrogens with zero attached hydrogens (tertiary/aromatic N) is 2. The zero-order valence-corrected chi connectivity index (χ0v) is 21.4. The van der Waals surface area contributed by atoms with Gasteiger partial charge in [0.2, 0.25) is 5.91 Å². The summed E-state index contributed by atoms with van der Waals surface area (Å²) in [6.45, 7) is 7.14. The third-order valence-corrected chi connectivity index (χ3v) is 10.2. The van der Waals surface area contributed by atoms with Crippen LogP contribution in [0.5, 0.6) is 0 Å². The Morgan fingerprint density at radius 1 is 1.14 bits per heavy atom. The molecule has 35 heavy (non-hydrogen) atoms. The van der Waals surface area contributed by atoms with E-state index in [2.05, 4.69) is 5.32 Å². The molecule has 0 unspecified atom stereocenters. The Labute approximate surface area is 206 Å². The van der Waals surface area contributed by atoms with Crippen molar-refractivity contribution in [1.82, 2.24) is 5.32 Å². The van der Waals surface area contributed by atoms with Crippen molar-refractivity contribution in [2.75, 3.05) is 36.0 Å². The van der Waals surface area contributed by atoms with E-state index in [1.807, 2.05) is 68.5 Å². The summed E-state index contributed by atoms with van der Waals surface area (Å²) in [5.41, 5.74) is 1.35. The highest BCUT2D eigenvalue weighted by Gasteiger charge is 2.66. The predicted octanol–water partition coefficient (Wildman–Crippen LogP) is 2.48. The molecular formula is C26H33N3O5Si. The van der Waals surface area contributed by atoms with Gasteiger partial charge in [-0.1, -0.05) is 25.1 Å². The Morgan fingerprint density at radius 2 is 1.89 bits per heavy atom. The van der Waals surface area contributed by atoms with Crippen molar-refractivity contribution in [3.05, 3.63) is 54.1 Å². The number of ether oxygens (including phenoxy) is 1. The highest BCUT2D eigenvalue weighted by molar-refractivity contribution is 6.71. The number of hydrogen-bond acceptors (Lipinski definition) is 6. The quantitative estimate of drug-likeness (QED) is 0.551. The van der Waals surface area contributed by atoms with Gasteiger partial charge in [0.25, 0.3) is 5.91 Å². The number of carbonyl (C=O) groups is 2. The van der Waals surface area contributed by atoms with Gasteiger partial charge >= 0.3 is 0 Å². The number of aliphatic hydroxyl groups is 1. The normalized spacial score (nSPS) is 28.8. The maximum atomic E-state index is 14.4. The molecule has 1 spiro atoms. The average molecular weight is 496 g/mol. The van der Waals surface area contributed by atoms with Gasteiger partial charge in [-0.15, -0.1) is 0 Å². The van der Waals surface area contributed by atoms with Gasteiger partial charge in [-0.3, -0.25) is 14.5 Å². The summed E-state index contributed by atoms with van der Waals surface area (Å²) in [6, 6.07) is 15.2. The zero-order chi connectivity index (χ0) is 25.0. The third-order valence-electron chi connectivity index (χ3n) is 7.70. The minimum absolute atomic E-state index is 0.0187. The van der Waals surface area contributed by atoms with Crippen LogP contribution >= 0.6 is 0 Å². The van der Waals surface area contributed by atoms with Crippen LogP contribution in [0.1, 0.15) is 18.9 Å². The monoisotopic (exact) mass is 495 g/mol. The highest BCUT2D eigenvalue weighted by Crippen LogP contribution is 2.61. The second kappa shape index (κ2) is 8.83. The molecule has 3 aliphatic heterocycles. The van der Waals surface area contributed by atoms with Gasteiger partial charge in [0.15, 0.2) is 13.9 Å². The lowest BCUT2D eigenvalue weighted by Crippen LogP contribution is -2.48. The molecule has 3 heterocycles. The number of nitrogens with one attached hydrogen (secondary N) is 1. The van der Waals surface area contributed by atoms with Gasteiger partial charge in [-0.05, 0) is 49.8 Å². The minimum Gasteiger partial charge on any atom is -0.432 e. The molecule has 5 rings (SSSR count). The number of benzene rings is 2. The van der Waals surface area contributed by atoms with E-state index >= 15 is 0 Å². The van der Waals surface area contributed by atoms with Gasteiger partial charge in [-0.25, -0.2) is 0 Å². The highest BCUT2D eigenvalue weighted by atomic mass is 28.4. The summed E-state index contributed by atoms with van der Waals surface area (Å²) in [6.07, 6.45) is -0.101. The molecular weight excluding hydrogens is 462 g/mol. The van der Waals surface area contributed by atoms with E-state index in [9.17, 15) is 19.5 Å². The lowest BCUT2D eigenvalue weighted by atomic mass is 9.82. The molecule has 0 aromatic heterocycles. The van der Waals surface area contributed by atoms with E-state index in [0.29, 0.717) is 25.1 Å². The van der Waals surface area contributed by atoms with E-state index in [1.54, 1.807) is 9.80 Å². The first-order chi connectivity index (χ1) is 16.7. The lowest BCUT2D eigenvalue weighted by molar-refractivity contribution is -0.145. The van der Waals surface area contributed by atoms with Crippen LogP contribution in [0.2, 0.25) is 18.6 Å². The van der Waals surface area contributed by atoms with Crippen LogP contribution < -0.4 is 15.1 Å². The molecule has 0 saturated carbocycles. The fourth-order valence-electron chi connectivity index (χ4n) is 6.27. The number of amides is 2. The number of rotatable bonds is 5. The summed E-state index contributed by atoms with van der Waals surface area (Å²) in [5.74, 6) is -0.534. The topological polar surface area (TPSA) is 102 Å². The maximum absolute atomic E-state index is 14.4. The van der Waals surface area contributed by atoms with Crippen molar-refractivity contribution < 1.29 is 24.2 Å². The molecule has 2 amide bonds. The summed E-state index contributed by atoms with van der Waals surface area (Å²) >= 11 is 0. The Morgan fingerprint density at radius 3 is 2.54 bits per heavy atom. The Bertz CT molecular complexity index is 1140. The predicted molar refractivity (Wildman–Crippen MR) is 136 cm³/mol. The summed E-state index contributed by atoms with van der Waals surface area (Å²) in [4.78, 5) is 41.7.